The summed E-state index contributed by atoms with van der Waals surface area (Å²) in [5.41, 5.74) is 0.442. The molecule has 8 nitrogen and oxygen atoms in total. The smallest absolute Gasteiger partial charge is 0.327 e. The molecule has 2 aromatic rings. The molecule has 154 valence electrons. The summed E-state index contributed by atoms with van der Waals surface area (Å²) in [5.74, 6) is -1.10. The van der Waals surface area contributed by atoms with Crippen molar-refractivity contribution in [2.24, 2.45) is 0 Å². The number of benzene rings is 2. The van der Waals surface area contributed by atoms with Crippen molar-refractivity contribution in [3.8, 4) is 0 Å². The van der Waals surface area contributed by atoms with E-state index >= 15 is 0 Å². The van der Waals surface area contributed by atoms with Gasteiger partial charge in [-0.2, -0.15) is 0 Å². The molecule has 0 radical (unpaired) electrons. The molecule has 2 atom stereocenters. The van der Waals surface area contributed by atoms with Gasteiger partial charge in [-0.3, -0.25) is 13.9 Å². The number of carbonyl (C=O) groups excluding carboxylic acids is 2. The Morgan fingerprint density at radius 2 is 1.76 bits per heavy atom. The van der Waals surface area contributed by atoms with Crippen LogP contribution in [-0.2, 0) is 29.1 Å². The lowest BCUT2D eigenvalue weighted by atomic mass is 10.1. The van der Waals surface area contributed by atoms with E-state index in [0.29, 0.717) is 24.2 Å². The number of rotatable bonds is 4. The summed E-state index contributed by atoms with van der Waals surface area (Å²) in [5, 5.41) is 1.38. The first-order valence-corrected chi connectivity index (χ1v) is 10.8. The first-order chi connectivity index (χ1) is 13.8. The predicted molar refractivity (Wildman–Crippen MR) is 106 cm³/mol. The highest BCUT2D eigenvalue weighted by molar-refractivity contribution is 7.93. The Hall–Kier alpha value is -2.65. The molecule has 1 amide bonds. The summed E-state index contributed by atoms with van der Waals surface area (Å²) in [6.45, 7) is 3.69. The zero-order chi connectivity index (χ0) is 20.8. The van der Waals surface area contributed by atoms with Crippen molar-refractivity contribution in [3.63, 3.8) is 0 Å². The maximum absolute atomic E-state index is 12.9. The van der Waals surface area contributed by atoms with E-state index in [-0.39, 0.29) is 23.0 Å². The van der Waals surface area contributed by atoms with E-state index in [1.807, 2.05) is 26.0 Å². The van der Waals surface area contributed by atoms with E-state index in [9.17, 15) is 18.0 Å². The second-order valence-electron chi connectivity index (χ2n) is 7.36. The van der Waals surface area contributed by atoms with Crippen molar-refractivity contribution in [2.75, 3.05) is 30.5 Å². The Kier molecular flexibility index (Phi) is 4.95. The van der Waals surface area contributed by atoms with Crippen molar-refractivity contribution < 1.29 is 27.5 Å². The van der Waals surface area contributed by atoms with E-state index < -0.39 is 29.1 Å². The summed E-state index contributed by atoms with van der Waals surface area (Å²) in [7, 11) is -3.85. The number of esters is 1. The Morgan fingerprint density at radius 1 is 1.10 bits per heavy atom. The third-order valence-corrected chi connectivity index (χ3v) is 6.88. The van der Waals surface area contributed by atoms with E-state index in [1.165, 1.54) is 6.07 Å². The molecule has 4 rings (SSSR count). The Labute approximate surface area is 169 Å². The molecule has 29 heavy (non-hydrogen) atoms. The highest BCUT2D eigenvalue weighted by atomic mass is 32.2. The lowest BCUT2D eigenvalue weighted by molar-refractivity contribution is -0.156. The summed E-state index contributed by atoms with van der Waals surface area (Å²) in [6.07, 6.45) is -0.181. The Morgan fingerprint density at radius 3 is 2.45 bits per heavy atom. The van der Waals surface area contributed by atoms with Crippen LogP contribution in [0.15, 0.2) is 41.3 Å². The van der Waals surface area contributed by atoms with Crippen LogP contribution in [0.4, 0.5) is 5.69 Å². The summed E-state index contributed by atoms with van der Waals surface area (Å²) < 4.78 is 37.5. The van der Waals surface area contributed by atoms with Crippen molar-refractivity contribution in [2.45, 2.75) is 31.0 Å². The average molecular weight is 418 g/mol. The third-order valence-electron chi connectivity index (χ3n) is 5.08. The minimum atomic E-state index is -3.85. The van der Waals surface area contributed by atoms with E-state index in [0.717, 1.165) is 9.69 Å². The second kappa shape index (κ2) is 7.31. The number of anilines is 1. The average Bonchev–Trinajstić information content (AvgIpc) is 2.89. The molecule has 9 heteroatoms. The molecular formula is C20H22N2O6S. The van der Waals surface area contributed by atoms with Crippen LogP contribution in [-0.4, -0.2) is 63.6 Å². The van der Waals surface area contributed by atoms with E-state index in [2.05, 4.69) is 0 Å². The zero-order valence-electron chi connectivity index (χ0n) is 16.2. The highest BCUT2D eigenvalue weighted by Crippen LogP contribution is 2.41. The number of sulfonamides is 1. The van der Waals surface area contributed by atoms with Crippen LogP contribution in [0.2, 0.25) is 0 Å². The SMILES string of the molecule is C[C@@H]1CN(C(=O)COC(=O)CN2c3cccc4cccc(c34)S2(=O)=O)C[C@H](C)O1. The molecule has 0 aliphatic carbocycles. The van der Waals surface area contributed by atoms with Crippen molar-refractivity contribution >= 4 is 38.4 Å². The number of nitrogens with zero attached hydrogens (tertiary/aromatic N) is 2. The Bertz CT molecular complexity index is 1070. The van der Waals surface area contributed by atoms with Gasteiger partial charge < -0.3 is 14.4 Å². The topological polar surface area (TPSA) is 93.2 Å². The number of morpholine rings is 1. The molecule has 2 aromatic carbocycles. The molecule has 1 fully saturated rings. The molecule has 0 saturated carbocycles. The largest absolute Gasteiger partial charge is 0.454 e. The highest BCUT2D eigenvalue weighted by Gasteiger charge is 2.37. The molecule has 0 unspecified atom stereocenters. The first-order valence-electron chi connectivity index (χ1n) is 9.40. The monoisotopic (exact) mass is 418 g/mol. The van der Waals surface area contributed by atoms with Gasteiger partial charge in [0.1, 0.15) is 6.54 Å². The lowest BCUT2D eigenvalue weighted by Crippen LogP contribution is -2.49. The van der Waals surface area contributed by atoms with Gasteiger partial charge >= 0.3 is 5.97 Å². The van der Waals surface area contributed by atoms with Crippen LogP contribution < -0.4 is 4.31 Å². The predicted octanol–water partition coefficient (Wildman–Crippen LogP) is 1.53. The number of hydrogen-bond acceptors (Lipinski definition) is 6. The number of carbonyl (C=O) groups is 2. The van der Waals surface area contributed by atoms with E-state index in [4.69, 9.17) is 9.47 Å². The molecule has 2 aliphatic rings. The van der Waals surface area contributed by atoms with Crippen molar-refractivity contribution in [1.29, 1.82) is 0 Å². The minimum absolute atomic E-state index is 0.0906. The molecule has 0 N–H and O–H groups in total. The molecule has 0 spiro atoms. The molecule has 2 aliphatic heterocycles. The normalized spacial score (nSPS) is 22.7. The van der Waals surface area contributed by atoms with E-state index in [1.54, 1.807) is 23.1 Å². The minimum Gasteiger partial charge on any atom is -0.454 e. The molecule has 2 heterocycles. The Balaban J connectivity index is 1.44. The van der Waals surface area contributed by atoms with Crippen LogP contribution in [0.1, 0.15) is 13.8 Å². The quantitative estimate of drug-likeness (QED) is 0.699. The van der Waals surface area contributed by atoms with Gasteiger partial charge in [0.25, 0.3) is 15.9 Å². The number of amides is 1. The molecule has 1 saturated heterocycles. The number of hydrogen-bond donors (Lipinski definition) is 0. The van der Waals surface area contributed by atoms with Gasteiger partial charge in [-0.15, -0.1) is 0 Å². The maximum atomic E-state index is 12.9. The van der Waals surface area contributed by atoms with Gasteiger partial charge in [-0.25, -0.2) is 8.42 Å². The van der Waals surface area contributed by atoms with Gasteiger partial charge in [0, 0.05) is 18.5 Å². The van der Waals surface area contributed by atoms with Crippen molar-refractivity contribution in [1.82, 2.24) is 4.90 Å². The summed E-state index contributed by atoms with van der Waals surface area (Å²) in [6, 6.07) is 10.2. The number of ether oxygens (including phenoxy) is 2. The third kappa shape index (κ3) is 3.56. The van der Waals surface area contributed by atoms with Gasteiger partial charge in [0.05, 0.1) is 22.8 Å². The van der Waals surface area contributed by atoms with Crippen LogP contribution in [0.3, 0.4) is 0 Å². The fraction of sp³-hybridized carbons (Fsp3) is 0.400. The van der Waals surface area contributed by atoms with Gasteiger partial charge in [-0.1, -0.05) is 24.3 Å². The lowest BCUT2D eigenvalue weighted by Gasteiger charge is -2.35. The van der Waals surface area contributed by atoms with Gasteiger partial charge in [0.15, 0.2) is 6.61 Å². The van der Waals surface area contributed by atoms with Crippen molar-refractivity contribution in [3.05, 3.63) is 36.4 Å². The van der Waals surface area contributed by atoms with Crippen LogP contribution in [0.25, 0.3) is 10.8 Å². The van der Waals surface area contributed by atoms with Crippen LogP contribution in [0, 0.1) is 0 Å². The fourth-order valence-corrected chi connectivity index (χ4v) is 5.56. The fourth-order valence-electron chi connectivity index (χ4n) is 3.91. The maximum Gasteiger partial charge on any atom is 0.327 e. The standard InChI is InChI=1S/C20H22N2O6S/c1-13-9-21(10-14(2)28-13)18(23)12-27-19(24)11-22-16-7-3-5-15-6-4-8-17(20(15)16)29(22,25)26/h3-8,13-14H,9-12H2,1-2H3/t13-,14+. The molecule has 0 bridgehead atoms. The second-order valence-corrected chi connectivity index (χ2v) is 9.19. The van der Waals surface area contributed by atoms with Crippen LogP contribution in [0.5, 0.6) is 0 Å². The van der Waals surface area contributed by atoms with Gasteiger partial charge in [-0.05, 0) is 31.4 Å². The summed E-state index contributed by atoms with van der Waals surface area (Å²) in [4.78, 5) is 26.5. The summed E-state index contributed by atoms with van der Waals surface area (Å²) >= 11 is 0. The zero-order valence-corrected chi connectivity index (χ0v) is 17.0. The molecular weight excluding hydrogens is 396 g/mol. The molecule has 0 aromatic heterocycles. The van der Waals surface area contributed by atoms with Crippen LogP contribution >= 0.6 is 0 Å². The first kappa shape index (κ1) is 19.7. The van der Waals surface area contributed by atoms with Gasteiger partial charge in [0.2, 0.25) is 0 Å².